The van der Waals surface area contributed by atoms with Gasteiger partial charge in [-0.25, -0.2) is 13.4 Å². The van der Waals surface area contributed by atoms with Crippen molar-refractivity contribution >= 4 is 15.9 Å². The molecule has 1 aromatic heterocycles. The van der Waals surface area contributed by atoms with Gasteiger partial charge in [0, 0.05) is 21.1 Å². The Morgan fingerprint density at radius 3 is 2.14 bits per heavy atom. The molecule has 0 atom stereocenters. The van der Waals surface area contributed by atoms with Gasteiger partial charge < -0.3 is 0 Å². The van der Waals surface area contributed by atoms with Crippen molar-refractivity contribution < 1.29 is 12.8 Å². The molecular weight excluding hydrogens is 395 g/mol. The number of anilines is 1. The molecule has 9 heteroatoms. The van der Waals surface area contributed by atoms with E-state index in [-0.39, 0.29) is 12.2 Å². The molecule has 0 aliphatic heterocycles. The highest BCUT2D eigenvalue weighted by atomic mass is 32.2. The van der Waals surface area contributed by atoms with Crippen LogP contribution in [0.1, 0.15) is 11.3 Å². The van der Waals surface area contributed by atoms with Gasteiger partial charge in [0.1, 0.15) is 11.5 Å². The fraction of sp³-hybridized carbons (Fsp3) is 0.250. The van der Waals surface area contributed by atoms with E-state index in [0.29, 0.717) is 16.9 Å². The van der Waals surface area contributed by atoms with Gasteiger partial charge in [0.05, 0.1) is 17.9 Å². The summed E-state index contributed by atoms with van der Waals surface area (Å²) in [5.41, 5.74) is 1.27. The van der Waals surface area contributed by atoms with E-state index in [9.17, 15) is 17.6 Å². The van der Waals surface area contributed by atoms with Gasteiger partial charge in [-0.3, -0.25) is 9.48 Å². The average molecular weight is 418 g/mol. The quantitative estimate of drug-likeness (QED) is 0.618. The third-order valence-electron chi connectivity index (χ3n) is 4.75. The third-order valence-corrected chi connectivity index (χ3v) is 6.54. The Bertz CT molecular complexity index is 1170. The molecule has 2 aromatic carbocycles. The number of para-hydroxylation sites is 1. The smallest absolute Gasteiger partial charge is 0.283 e. The van der Waals surface area contributed by atoms with E-state index in [1.165, 1.54) is 43.0 Å². The van der Waals surface area contributed by atoms with E-state index >= 15 is 0 Å². The van der Waals surface area contributed by atoms with Crippen molar-refractivity contribution in [2.24, 2.45) is 7.05 Å². The lowest BCUT2D eigenvalue weighted by molar-refractivity contribution is 0.514. The van der Waals surface area contributed by atoms with E-state index in [1.54, 1.807) is 42.9 Å². The summed E-state index contributed by atoms with van der Waals surface area (Å²) < 4.78 is 44.6. The van der Waals surface area contributed by atoms with Crippen molar-refractivity contribution in [3.8, 4) is 5.69 Å². The first-order valence-electron chi connectivity index (χ1n) is 8.93. The minimum Gasteiger partial charge on any atom is -0.283 e. The van der Waals surface area contributed by atoms with Crippen LogP contribution < -0.4 is 9.86 Å². The lowest BCUT2D eigenvalue weighted by Crippen LogP contribution is -2.42. The predicted molar refractivity (Wildman–Crippen MR) is 111 cm³/mol. The number of hydrogen-bond donors (Lipinski definition) is 0. The van der Waals surface area contributed by atoms with Gasteiger partial charge in [0.25, 0.3) is 5.56 Å². The van der Waals surface area contributed by atoms with Crippen LogP contribution in [-0.2, 0) is 23.8 Å². The minimum atomic E-state index is -3.98. The number of benzene rings is 2. The Balaban J connectivity index is 2.21. The largest absolute Gasteiger partial charge is 0.304 e. The predicted octanol–water partition coefficient (Wildman–Crippen LogP) is 2.44. The highest BCUT2D eigenvalue weighted by Gasteiger charge is 2.32. The lowest BCUT2D eigenvalue weighted by Gasteiger charge is -2.26. The fourth-order valence-electron chi connectivity index (χ4n) is 3.07. The van der Waals surface area contributed by atoms with Crippen LogP contribution in [0.2, 0.25) is 0 Å². The molecule has 0 amide bonds. The first-order chi connectivity index (χ1) is 13.6. The molecule has 0 spiro atoms. The Hall–Kier alpha value is -2.91. The third kappa shape index (κ3) is 3.83. The second-order valence-electron chi connectivity index (χ2n) is 6.83. The maximum atomic E-state index is 13.3. The molecular formula is C20H23FN4O3S. The summed E-state index contributed by atoms with van der Waals surface area (Å²) >= 11 is 0. The molecule has 0 bridgehead atoms. The summed E-state index contributed by atoms with van der Waals surface area (Å²) in [6, 6.07) is 14.5. The van der Waals surface area contributed by atoms with Crippen LogP contribution in [0.5, 0.6) is 0 Å². The summed E-state index contributed by atoms with van der Waals surface area (Å²) in [6.07, 6.45) is 0. The van der Waals surface area contributed by atoms with Gasteiger partial charge in [0.2, 0.25) is 0 Å². The fourth-order valence-corrected chi connectivity index (χ4v) is 4.22. The van der Waals surface area contributed by atoms with Crippen LogP contribution in [0, 0.1) is 12.7 Å². The Labute approximate surface area is 169 Å². The first kappa shape index (κ1) is 20.8. The van der Waals surface area contributed by atoms with Crippen LogP contribution in [0.15, 0.2) is 59.4 Å². The summed E-state index contributed by atoms with van der Waals surface area (Å²) in [6.45, 7) is 1.59. The zero-order valence-electron chi connectivity index (χ0n) is 16.7. The van der Waals surface area contributed by atoms with Crippen molar-refractivity contribution in [1.29, 1.82) is 0 Å². The van der Waals surface area contributed by atoms with Gasteiger partial charge >= 0.3 is 10.2 Å². The SMILES string of the molecule is Cc1c(N(Cc2ccc(F)cc2)S(=O)(=O)N(C)C)c(=O)n(-c2ccccc2)n1C. The molecule has 0 aliphatic rings. The van der Waals surface area contributed by atoms with Gasteiger partial charge in [0.15, 0.2) is 0 Å². The first-order valence-corrected chi connectivity index (χ1v) is 10.3. The number of hydrogen-bond acceptors (Lipinski definition) is 3. The Morgan fingerprint density at radius 2 is 1.59 bits per heavy atom. The molecule has 0 N–H and O–H groups in total. The summed E-state index contributed by atoms with van der Waals surface area (Å²) in [7, 11) is 0.523. The average Bonchev–Trinajstić information content (AvgIpc) is 2.90. The molecule has 154 valence electrons. The Morgan fingerprint density at radius 1 is 1.00 bits per heavy atom. The standard InChI is InChI=1S/C20H23FN4O3S/c1-15-19(20(26)25(23(15)4)18-8-6-5-7-9-18)24(29(27,28)22(2)3)14-16-10-12-17(21)13-11-16/h5-13H,14H2,1-4H3. The van der Waals surface area contributed by atoms with Crippen molar-refractivity contribution in [1.82, 2.24) is 13.7 Å². The van der Waals surface area contributed by atoms with Crippen LogP contribution >= 0.6 is 0 Å². The normalized spacial score (nSPS) is 11.8. The number of rotatable bonds is 6. The van der Waals surface area contributed by atoms with Crippen molar-refractivity contribution in [2.45, 2.75) is 13.5 Å². The van der Waals surface area contributed by atoms with Crippen molar-refractivity contribution in [3.63, 3.8) is 0 Å². The second-order valence-corrected chi connectivity index (χ2v) is 8.90. The van der Waals surface area contributed by atoms with E-state index in [2.05, 4.69) is 0 Å². The van der Waals surface area contributed by atoms with Crippen LogP contribution in [0.4, 0.5) is 10.1 Å². The summed E-state index contributed by atoms with van der Waals surface area (Å²) in [5.74, 6) is -0.418. The molecule has 1 heterocycles. The molecule has 0 fully saturated rings. The summed E-state index contributed by atoms with van der Waals surface area (Å²) in [4.78, 5) is 13.3. The van der Waals surface area contributed by atoms with Gasteiger partial charge in [-0.2, -0.15) is 12.7 Å². The molecule has 3 rings (SSSR count). The number of halogens is 1. The van der Waals surface area contributed by atoms with E-state index in [0.717, 1.165) is 8.61 Å². The minimum absolute atomic E-state index is 0.0504. The van der Waals surface area contributed by atoms with Crippen molar-refractivity contribution in [2.75, 3.05) is 18.4 Å². The molecule has 3 aromatic rings. The highest BCUT2D eigenvalue weighted by molar-refractivity contribution is 7.90. The maximum absolute atomic E-state index is 13.3. The number of nitrogens with zero attached hydrogens (tertiary/aromatic N) is 4. The highest BCUT2D eigenvalue weighted by Crippen LogP contribution is 2.24. The molecule has 0 saturated carbocycles. The van der Waals surface area contributed by atoms with Gasteiger partial charge in [-0.15, -0.1) is 0 Å². The number of aromatic nitrogens is 2. The van der Waals surface area contributed by atoms with E-state index in [4.69, 9.17) is 0 Å². The molecule has 29 heavy (non-hydrogen) atoms. The van der Waals surface area contributed by atoms with E-state index < -0.39 is 21.6 Å². The molecule has 0 radical (unpaired) electrons. The van der Waals surface area contributed by atoms with E-state index in [1.807, 2.05) is 6.07 Å². The molecule has 0 aliphatic carbocycles. The van der Waals surface area contributed by atoms with Crippen molar-refractivity contribution in [3.05, 3.63) is 82.0 Å². The van der Waals surface area contributed by atoms with Gasteiger partial charge in [-0.1, -0.05) is 30.3 Å². The lowest BCUT2D eigenvalue weighted by atomic mass is 10.2. The van der Waals surface area contributed by atoms with Crippen LogP contribution in [0.3, 0.4) is 0 Å². The van der Waals surface area contributed by atoms with Gasteiger partial charge in [-0.05, 0) is 36.8 Å². The molecule has 7 nitrogen and oxygen atoms in total. The monoisotopic (exact) mass is 418 g/mol. The summed E-state index contributed by atoms with van der Waals surface area (Å²) in [5, 5.41) is 0. The maximum Gasteiger partial charge on any atom is 0.304 e. The topological polar surface area (TPSA) is 67.6 Å². The Kier molecular flexibility index (Phi) is 5.63. The molecule has 0 saturated heterocycles. The van der Waals surface area contributed by atoms with Crippen LogP contribution in [-0.4, -0.2) is 36.2 Å². The van der Waals surface area contributed by atoms with Crippen LogP contribution in [0.25, 0.3) is 5.69 Å². The zero-order valence-corrected chi connectivity index (χ0v) is 17.5. The molecule has 0 unspecified atom stereocenters. The second kappa shape index (κ2) is 7.84. The zero-order chi connectivity index (χ0) is 21.3.